The van der Waals surface area contributed by atoms with Gasteiger partial charge in [0.05, 0.1) is 35.9 Å². The van der Waals surface area contributed by atoms with Gasteiger partial charge in [0.1, 0.15) is 18.1 Å². The number of ether oxygens (including phenoxy) is 2. The van der Waals surface area contributed by atoms with Gasteiger partial charge in [-0.1, -0.05) is 0 Å². The number of amides is 1. The van der Waals surface area contributed by atoms with Gasteiger partial charge in [0.2, 0.25) is 11.8 Å². The Morgan fingerprint density at radius 3 is 2.77 bits per heavy atom. The fourth-order valence-electron chi connectivity index (χ4n) is 7.17. The van der Waals surface area contributed by atoms with Crippen LogP contribution in [0, 0.1) is 5.82 Å². The first-order chi connectivity index (χ1) is 22.8. The molecule has 0 bridgehead atoms. The second-order valence-corrected chi connectivity index (χ2v) is 12.8. The van der Waals surface area contributed by atoms with Crippen molar-refractivity contribution in [3.8, 4) is 11.6 Å². The van der Waals surface area contributed by atoms with Crippen molar-refractivity contribution in [3.63, 3.8) is 0 Å². The van der Waals surface area contributed by atoms with Crippen LogP contribution in [0.3, 0.4) is 0 Å². The number of hydrogen-bond donors (Lipinski definition) is 1. The van der Waals surface area contributed by atoms with Crippen LogP contribution >= 0.6 is 0 Å². The highest BCUT2D eigenvalue weighted by atomic mass is 19.1. The van der Waals surface area contributed by atoms with Crippen LogP contribution in [0.15, 0.2) is 53.7 Å². The molecule has 3 aliphatic heterocycles. The van der Waals surface area contributed by atoms with Crippen LogP contribution in [0.1, 0.15) is 56.2 Å². The van der Waals surface area contributed by atoms with E-state index in [2.05, 4.69) is 19.8 Å². The summed E-state index contributed by atoms with van der Waals surface area (Å²) in [6.45, 7) is 5.30. The molecule has 0 spiro atoms. The Kier molecular flexibility index (Phi) is 8.44. The summed E-state index contributed by atoms with van der Waals surface area (Å²) in [5, 5.41) is 0.263. The molecule has 2 atom stereocenters. The van der Waals surface area contributed by atoms with E-state index in [1.807, 2.05) is 42.0 Å². The number of hydrogen-bond acceptors (Lipinski definition) is 9. The Balaban J connectivity index is 1.29. The van der Waals surface area contributed by atoms with Gasteiger partial charge in [-0.3, -0.25) is 14.5 Å². The van der Waals surface area contributed by atoms with Crippen molar-refractivity contribution in [1.29, 1.82) is 0 Å². The predicted octanol–water partition coefficient (Wildman–Crippen LogP) is 4.66. The van der Waals surface area contributed by atoms with E-state index in [0.717, 1.165) is 50.0 Å². The standard InChI is InChI=1S/C35H40FN7O4/c1-22-21-47-35-32-27(15-28(36)33(35)42-13-4-3-7-31(42)44)34(45)24(19-43(22)32)18-41(17-23-10-11-38-30(14-23)46-2)26-6-5-12-40(20-26)25-8-9-29(37)39-16-25/h8-11,14-16,19,22,26H,3-7,12-13,17-18,20-21H2,1-2H3,(H2,37,39)/t22-,26-/m0/s1. The number of anilines is 3. The molecule has 7 rings (SSSR count). The number of piperidine rings is 2. The Morgan fingerprint density at radius 1 is 1.11 bits per heavy atom. The van der Waals surface area contributed by atoms with Gasteiger partial charge in [0.15, 0.2) is 17.0 Å². The molecular formula is C35H40FN7O4. The van der Waals surface area contributed by atoms with Crippen molar-refractivity contribution >= 4 is 34.0 Å². The first kappa shape index (κ1) is 30.9. The van der Waals surface area contributed by atoms with Gasteiger partial charge >= 0.3 is 0 Å². The highest BCUT2D eigenvalue weighted by Gasteiger charge is 2.33. The average molecular weight is 642 g/mol. The van der Waals surface area contributed by atoms with Crippen LogP contribution < -0.4 is 30.4 Å². The molecule has 0 radical (unpaired) electrons. The highest BCUT2D eigenvalue weighted by Crippen LogP contribution is 2.43. The third-order valence-electron chi connectivity index (χ3n) is 9.63. The first-order valence-electron chi connectivity index (χ1n) is 16.3. The summed E-state index contributed by atoms with van der Waals surface area (Å²) < 4.78 is 29.5. The van der Waals surface area contributed by atoms with Crippen LogP contribution in [0.4, 0.5) is 21.6 Å². The fourth-order valence-corrected chi connectivity index (χ4v) is 7.17. The van der Waals surface area contributed by atoms with Gasteiger partial charge in [0.25, 0.3) is 0 Å². The molecule has 3 aliphatic rings. The number of benzene rings is 1. The largest absolute Gasteiger partial charge is 0.487 e. The van der Waals surface area contributed by atoms with E-state index in [-0.39, 0.29) is 40.2 Å². The maximum Gasteiger partial charge on any atom is 0.227 e. The molecule has 6 heterocycles. The molecule has 47 heavy (non-hydrogen) atoms. The van der Waals surface area contributed by atoms with Gasteiger partial charge in [-0.25, -0.2) is 14.4 Å². The average Bonchev–Trinajstić information content (AvgIpc) is 3.08. The van der Waals surface area contributed by atoms with Gasteiger partial charge in [0, 0.05) is 69.2 Å². The fraction of sp³-hybridized carbons (Fsp3) is 0.429. The summed E-state index contributed by atoms with van der Waals surface area (Å²) in [4.78, 5) is 41.8. The number of carbonyl (C=O) groups excluding carboxylic acids is 1. The summed E-state index contributed by atoms with van der Waals surface area (Å²) in [6.07, 6.45) is 9.29. The molecule has 4 aromatic rings. The van der Waals surface area contributed by atoms with E-state index in [4.69, 9.17) is 15.2 Å². The zero-order valence-corrected chi connectivity index (χ0v) is 26.8. The van der Waals surface area contributed by atoms with Crippen LogP contribution in [-0.2, 0) is 17.9 Å². The summed E-state index contributed by atoms with van der Waals surface area (Å²) in [5.74, 6) is 0.538. The van der Waals surface area contributed by atoms with Crippen LogP contribution in [-0.4, -0.2) is 64.7 Å². The Bertz CT molecular complexity index is 1860. The minimum absolute atomic E-state index is 0.0965. The van der Waals surface area contributed by atoms with E-state index in [9.17, 15) is 9.59 Å². The van der Waals surface area contributed by atoms with Crippen molar-refractivity contribution < 1.29 is 18.7 Å². The van der Waals surface area contributed by atoms with E-state index in [1.165, 1.54) is 11.0 Å². The van der Waals surface area contributed by atoms with E-state index in [1.54, 1.807) is 19.5 Å². The van der Waals surface area contributed by atoms with E-state index >= 15 is 4.39 Å². The maximum absolute atomic E-state index is 16.0. The molecule has 0 saturated carbocycles. The van der Waals surface area contributed by atoms with Gasteiger partial charge in [-0.15, -0.1) is 0 Å². The van der Waals surface area contributed by atoms with Crippen molar-refractivity contribution in [2.24, 2.45) is 0 Å². The Hall–Kier alpha value is -4.71. The maximum atomic E-state index is 16.0. The van der Waals surface area contributed by atoms with Crippen molar-refractivity contribution in [3.05, 3.63) is 76.1 Å². The molecule has 0 unspecified atom stereocenters. The normalized spacial score (nSPS) is 19.7. The molecule has 2 fully saturated rings. The quantitative estimate of drug-likeness (QED) is 0.293. The molecule has 3 aromatic heterocycles. The zero-order chi connectivity index (χ0) is 32.7. The molecule has 2 N–H and O–H groups in total. The number of nitrogens with zero attached hydrogens (tertiary/aromatic N) is 6. The monoisotopic (exact) mass is 641 g/mol. The summed E-state index contributed by atoms with van der Waals surface area (Å²) in [6, 6.07) is 8.99. The topological polar surface area (TPSA) is 119 Å². The summed E-state index contributed by atoms with van der Waals surface area (Å²) in [5.41, 5.74) is 8.89. The predicted molar refractivity (Wildman–Crippen MR) is 178 cm³/mol. The van der Waals surface area contributed by atoms with Crippen molar-refractivity contribution in [1.82, 2.24) is 19.4 Å². The highest BCUT2D eigenvalue weighted by molar-refractivity contribution is 6.01. The number of aromatic nitrogens is 3. The number of methoxy groups -OCH3 is 1. The minimum atomic E-state index is -0.612. The number of nitrogens with two attached hydrogens (primary N) is 1. The first-order valence-corrected chi connectivity index (χ1v) is 16.3. The molecule has 11 nitrogen and oxygen atoms in total. The SMILES string of the molecule is COc1cc(CN(Cc2cn3c4c(c(N5CCCCC5=O)c(F)cc4c2=O)OC[C@@H]3C)[C@H]2CCCN(c3ccc(N)nc3)C2)ccn1. The second-order valence-electron chi connectivity index (χ2n) is 12.8. The zero-order valence-electron chi connectivity index (χ0n) is 26.8. The van der Waals surface area contributed by atoms with Crippen LogP contribution in [0.2, 0.25) is 0 Å². The van der Waals surface area contributed by atoms with Crippen molar-refractivity contribution in [2.75, 3.05) is 48.9 Å². The summed E-state index contributed by atoms with van der Waals surface area (Å²) in [7, 11) is 1.59. The molecule has 246 valence electrons. The lowest BCUT2D eigenvalue weighted by molar-refractivity contribution is -0.119. The molecule has 0 aliphatic carbocycles. The molecule has 12 heteroatoms. The number of nitrogen functional groups attached to an aromatic ring is 1. The summed E-state index contributed by atoms with van der Waals surface area (Å²) >= 11 is 0. The lowest BCUT2D eigenvalue weighted by atomic mass is 10.0. The molecule has 1 aromatic carbocycles. The van der Waals surface area contributed by atoms with Gasteiger partial charge in [-0.05, 0) is 62.4 Å². The third-order valence-corrected chi connectivity index (χ3v) is 9.63. The second kappa shape index (κ2) is 12.8. The minimum Gasteiger partial charge on any atom is -0.487 e. The Labute approximate surface area is 272 Å². The number of rotatable bonds is 8. The van der Waals surface area contributed by atoms with Crippen LogP contribution in [0.25, 0.3) is 10.9 Å². The molecular weight excluding hydrogens is 601 g/mol. The van der Waals surface area contributed by atoms with Gasteiger partial charge in [-0.2, -0.15) is 0 Å². The van der Waals surface area contributed by atoms with Gasteiger partial charge < -0.3 is 29.6 Å². The number of pyridine rings is 3. The molecule has 1 amide bonds. The lowest BCUT2D eigenvalue weighted by Crippen LogP contribution is -2.48. The van der Waals surface area contributed by atoms with E-state index in [0.29, 0.717) is 55.4 Å². The number of halogens is 1. The molecule has 2 saturated heterocycles. The van der Waals surface area contributed by atoms with Crippen molar-refractivity contribution in [2.45, 2.75) is 64.2 Å². The third kappa shape index (κ3) is 5.97. The Morgan fingerprint density at radius 2 is 1.98 bits per heavy atom. The lowest BCUT2D eigenvalue weighted by Gasteiger charge is -2.40. The van der Waals surface area contributed by atoms with Crippen LogP contribution in [0.5, 0.6) is 11.6 Å². The van der Waals surface area contributed by atoms with E-state index < -0.39 is 5.82 Å². The smallest absolute Gasteiger partial charge is 0.227 e. The number of carbonyl (C=O) groups is 1.